The van der Waals surface area contributed by atoms with E-state index in [0.29, 0.717) is 19.6 Å². The summed E-state index contributed by atoms with van der Waals surface area (Å²) in [7, 11) is 0. The molecule has 0 spiro atoms. The van der Waals surface area contributed by atoms with E-state index in [1.165, 1.54) is 4.90 Å². The van der Waals surface area contributed by atoms with Gasteiger partial charge in [0.15, 0.2) is 6.29 Å². The van der Waals surface area contributed by atoms with E-state index in [0.717, 1.165) is 6.42 Å². The number of hydrogen-bond acceptors (Lipinski definition) is 7. The van der Waals surface area contributed by atoms with Gasteiger partial charge in [0.05, 0.1) is 26.2 Å². The average molecular weight is 390 g/mol. The minimum atomic E-state index is -0.672. The van der Waals surface area contributed by atoms with E-state index in [-0.39, 0.29) is 44.6 Å². The minimum Gasteiger partial charge on any atom is -0.388 e. The molecule has 0 bridgehead atoms. The Morgan fingerprint density at radius 2 is 1.81 bits per heavy atom. The van der Waals surface area contributed by atoms with Crippen LogP contribution in [0.2, 0.25) is 0 Å². The predicted molar refractivity (Wildman–Crippen MR) is 99.6 cm³/mol. The molecule has 0 aromatic carbocycles. The number of primary amides is 1. The number of nitrogens with one attached hydrogen (secondary N) is 2. The third-order valence-corrected chi connectivity index (χ3v) is 3.43. The first kappa shape index (κ1) is 25.2. The first-order valence-electron chi connectivity index (χ1n) is 9.37. The van der Waals surface area contributed by atoms with E-state index >= 15 is 0 Å². The fraction of sp³-hybridized carbons (Fsp3) is 0.824. The van der Waals surface area contributed by atoms with Crippen molar-refractivity contribution in [2.45, 2.75) is 46.0 Å². The lowest BCUT2D eigenvalue weighted by Crippen LogP contribution is -2.46. The fourth-order valence-electron chi connectivity index (χ4n) is 2.37. The van der Waals surface area contributed by atoms with Crippen LogP contribution >= 0.6 is 0 Å². The Morgan fingerprint density at radius 3 is 2.37 bits per heavy atom. The van der Waals surface area contributed by atoms with Crippen LogP contribution in [-0.4, -0.2) is 86.1 Å². The number of nitrogens with zero attached hydrogens (tertiary/aromatic N) is 1. The van der Waals surface area contributed by atoms with Crippen LogP contribution in [0.3, 0.4) is 0 Å². The summed E-state index contributed by atoms with van der Waals surface area (Å²) < 4.78 is 10.7. The fourth-order valence-corrected chi connectivity index (χ4v) is 2.37. The molecule has 1 saturated heterocycles. The zero-order chi connectivity index (χ0) is 20.7. The molecule has 0 aromatic heterocycles. The lowest BCUT2D eigenvalue weighted by Gasteiger charge is -2.27. The van der Waals surface area contributed by atoms with Crippen LogP contribution in [0.4, 0.5) is 0 Å². The van der Waals surface area contributed by atoms with Crippen LogP contribution in [-0.2, 0) is 23.9 Å². The molecule has 1 aliphatic heterocycles. The van der Waals surface area contributed by atoms with Crippen molar-refractivity contribution >= 4 is 17.7 Å². The van der Waals surface area contributed by atoms with Crippen molar-refractivity contribution in [1.82, 2.24) is 15.5 Å². The standard InChI is InChI=1S/C15H28N4O6.C2H6/c1-2-17-13(22)9-19(8-12(16)21)10-14(23)18-5-7-25-15-11(20)4-3-6-24-15;1-2/h11,15,20H,2-10H2,1H3,(H2,16,21)(H,17,22)(H,18,23);1-2H3. The first-order valence-corrected chi connectivity index (χ1v) is 9.37. The van der Waals surface area contributed by atoms with E-state index < -0.39 is 18.3 Å². The van der Waals surface area contributed by atoms with Crippen LogP contribution in [0, 0.1) is 0 Å². The third-order valence-electron chi connectivity index (χ3n) is 3.43. The molecule has 1 fully saturated rings. The van der Waals surface area contributed by atoms with Crippen LogP contribution in [0.1, 0.15) is 33.6 Å². The molecule has 0 radical (unpaired) electrons. The Kier molecular flexibility index (Phi) is 14.3. The second-order valence-corrected chi connectivity index (χ2v) is 5.73. The molecule has 2 unspecified atom stereocenters. The van der Waals surface area contributed by atoms with Crippen LogP contribution in [0.15, 0.2) is 0 Å². The number of aliphatic hydroxyl groups is 1. The normalized spacial score (nSPS) is 19.0. The van der Waals surface area contributed by atoms with Crippen LogP contribution in [0.25, 0.3) is 0 Å². The molecule has 5 N–H and O–H groups in total. The summed E-state index contributed by atoms with van der Waals surface area (Å²) in [5.74, 6) is -1.27. The van der Waals surface area contributed by atoms with Crippen molar-refractivity contribution in [3.63, 3.8) is 0 Å². The zero-order valence-corrected chi connectivity index (χ0v) is 16.5. The van der Waals surface area contributed by atoms with E-state index in [9.17, 15) is 19.5 Å². The van der Waals surface area contributed by atoms with E-state index in [1.54, 1.807) is 6.92 Å². The Hall–Kier alpha value is -1.75. The molecule has 10 heteroatoms. The maximum Gasteiger partial charge on any atom is 0.234 e. The van der Waals surface area contributed by atoms with Crippen molar-refractivity contribution in [2.75, 3.05) is 45.9 Å². The summed E-state index contributed by atoms with van der Waals surface area (Å²) in [5.41, 5.74) is 5.13. The minimum absolute atomic E-state index is 0.0944. The maximum absolute atomic E-state index is 11.9. The maximum atomic E-state index is 11.9. The van der Waals surface area contributed by atoms with Gasteiger partial charge < -0.3 is 30.9 Å². The summed E-state index contributed by atoms with van der Waals surface area (Å²) in [5, 5.41) is 14.9. The van der Waals surface area contributed by atoms with Crippen molar-refractivity contribution in [1.29, 1.82) is 0 Å². The second-order valence-electron chi connectivity index (χ2n) is 5.73. The molecule has 27 heavy (non-hydrogen) atoms. The molecule has 1 rings (SSSR count). The molecule has 2 atom stereocenters. The number of carbonyl (C=O) groups excluding carboxylic acids is 3. The topological polar surface area (TPSA) is 143 Å². The van der Waals surface area contributed by atoms with Gasteiger partial charge in [-0.15, -0.1) is 0 Å². The van der Waals surface area contributed by atoms with Gasteiger partial charge in [-0.25, -0.2) is 0 Å². The van der Waals surface area contributed by atoms with E-state index in [1.807, 2.05) is 13.8 Å². The van der Waals surface area contributed by atoms with Gasteiger partial charge in [-0.3, -0.25) is 19.3 Å². The lowest BCUT2D eigenvalue weighted by molar-refractivity contribution is -0.213. The molecule has 0 aromatic rings. The molecular formula is C17H34N4O6. The van der Waals surface area contributed by atoms with Crippen molar-refractivity contribution < 1.29 is 29.0 Å². The highest BCUT2D eigenvalue weighted by molar-refractivity contribution is 5.83. The van der Waals surface area contributed by atoms with Gasteiger partial charge in [0.25, 0.3) is 0 Å². The SMILES string of the molecule is CC.CCNC(=O)CN(CC(N)=O)CC(=O)NCCOC1OCCCC1O. The number of nitrogens with two attached hydrogens (primary N) is 1. The van der Waals surface area contributed by atoms with Gasteiger partial charge in [-0.2, -0.15) is 0 Å². The van der Waals surface area contributed by atoms with Crippen molar-refractivity contribution in [3.8, 4) is 0 Å². The molecule has 0 saturated carbocycles. The molecule has 1 heterocycles. The van der Waals surface area contributed by atoms with Gasteiger partial charge >= 0.3 is 0 Å². The number of rotatable bonds is 11. The summed E-state index contributed by atoms with van der Waals surface area (Å²) in [6.45, 7) is 6.75. The quantitative estimate of drug-likeness (QED) is 0.317. The molecule has 158 valence electrons. The molecule has 0 aliphatic carbocycles. The summed E-state index contributed by atoms with van der Waals surface area (Å²) in [6.07, 6.45) is 0.0835. The van der Waals surface area contributed by atoms with Crippen LogP contribution in [0.5, 0.6) is 0 Å². The number of ether oxygens (including phenoxy) is 2. The second kappa shape index (κ2) is 15.3. The first-order chi connectivity index (χ1) is 12.9. The van der Waals surface area contributed by atoms with Crippen molar-refractivity contribution in [3.05, 3.63) is 0 Å². The molecule has 10 nitrogen and oxygen atoms in total. The smallest absolute Gasteiger partial charge is 0.234 e. The van der Waals surface area contributed by atoms with E-state index in [4.69, 9.17) is 15.2 Å². The Balaban J connectivity index is 0.00000326. The number of amides is 3. The number of hydrogen-bond donors (Lipinski definition) is 4. The van der Waals surface area contributed by atoms with Gasteiger partial charge in [-0.05, 0) is 19.8 Å². The third kappa shape index (κ3) is 12.3. The Morgan fingerprint density at radius 1 is 1.19 bits per heavy atom. The molecule has 3 amide bonds. The number of carbonyl (C=O) groups is 3. The highest BCUT2D eigenvalue weighted by atomic mass is 16.7. The zero-order valence-electron chi connectivity index (χ0n) is 16.5. The van der Waals surface area contributed by atoms with Gasteiger partial charge in [0.1, 0.15) is 6.10 Å². The predicted octanol–water partition coefficient (Wildman–Crippen LogP) is -1.43. The largest absolute Gasteiger partial charge is 0.388 e. The molecule has 1 aliphatic rings. The monoisotopic (exact) mass is 390 g/mol. The molecular weight excluding hydrogens is 356 g/mol. The van der Waals surface area contributed by atoms with E-state index in [2.05, 4.69) is 10.6 Å². The Labute approximate surface area is 160 Å². The Bertz CT molecular complexity index is 449. The van der Waals surface area contributed by atoms with Crippen LogP contribution < -0.4 is 16.4 Å². The van der Waals surface area contributed by atoms with Gasteiger partial charge in [-0.1, -0.05) is 13.8 Å². The summed E-state index contributed by atoms with van der Waals surface area (Å²) >= 11 is 0. The number of aliphatic hydroxyl groups excluding tert-OH is 1. The highest BCUT2D eigenvalue weighted by Crippen LogP contribution is 2.14. The number of likely N-dealkylation sites (N-methyl/N-ethyl adjacent to an activating group) is 1. The highest BCUT2D eigenvalue weighted by Gasteiger charge is 2.24. The van der Waals surface area contributed by atoms with Gasteiger partial charge in [0.2, 0.25) is 17.7 Å². The lowest BCUT2D eigenvalue weighted by atomic mass is 10.1. The van der Waals surface area contributed by atoms with Crippen molar-refractivity contribution in [2.24, 2.45) is 5.73 Å². The average Bonchev–Trinajstić information content (AvgIpc) is 2.61. The summed E-state index contributed by atoms with van der Waals surface area (Å²) in [6, 6.07) is 0. The van der Waals surface area contributed by atoms with Gasteiger partial charge in [0, 0.05) is 19.7 Å². The summed E-state index contributed by atoms with van der Waals surface area (Å²) in [4.78, 5) is 35.9.